The van der Waals surface area contributed by atoms with E-state index in [1.54, 1.807) is 15.9 Å². The predicted octanol–water partition coefficient (Wildman–Crippen LogP) is 3.39. The van der Waals surface area contributed by atoms with Crippen molar-refractivity contribution in [3.8, 4) is 0 Å². The fourth-order valence-electron chi connectivity index (χ4n) is 2.32. The summed E-state index contributed by atoms with van der Waals surface area (Å²) in [5.74, 6) is 1.04. The molecule has 0 N–H and O–H groups in total. The molecule has 3 aromatic heterocycles. The fourth-order valence-corrected chi connectivity index (χ4v) is 3.97. The Balaban J connectivity index is 1.78. The van der Waals surface area contributed by atoms with Crippen LogP contribution in [0.15, 0.2) is 17.3 Å². The fraction of sp³-hybridized carbons (Fsp3) is 0.333. The van der Waals surface area contributed by atoms with Crippen LogP contribution in [0.5, 0.6) is 0 Å². The van der Waals surface area contributed by atoms with Gasteiger partial charge in [-0.1, -0.05) is 11.8 Å². The normalized spacial score (nSPS) is 11.3. The number of Topliss-reactive ketones (excluding diaryl/α,β-unsaturated/α-hetero) is 1. The van der Waals surface area contributed by atoms with Crippen molar-refractivity contribution in [2.75, 3.05) is 5.75 Å². The minimum absolute atomic E-state index is 0.117. The Bertz CT molecular complexity index is 866. The van der Waals surface area contributed by atoms with Crippen LogP contribution in [0.2, 0.25) is 0 Å². The molecule has 0 fully saturated rings. The molecule has 0 saturated heterocycles. The first-order valence-corrected chi connectivity index (χ1v) is 8.68. The Labute approximate surface area is 136 Å². The van der Waals surface area contributed by atoms with Crippen LogP contribution in [0.3, 0.4) is 0 Å². The van der Waals surface area contributed by atoms with Gasteiger partial charge in [0, 0.05) is 26.7 Å². The van der Waals surface area contributed by atoms with Crippen molar-refractivity contribution in [2.45, 2.75) is 32.9 Å². The standard InChI is InChI=1S/C15H16N4OS2/c1-8-5-9(2)19-14(16-8)17-15(18-19)21-7-13(20)12-6-10(3)22-11(12)4/h5-6H,7H2,1-4H3. The maximum atomic E-state index is 12.3. The van der Waals surface area contributed by atoms with E-state index < -0.39 is 0 Å². The van der Waals surface area contributed by atoms with Crippen LogP contribution < -0.4 is 0 Å². The molecule has 0 saturated carbocycles. The molecule has 5 nitrogen and oxygen atoms in total. The number of hydrogen-bond acceptors (Lipinski definition) is 6. The number of thiophene rings is 1. The van der Waals surface area contributed by atoms with E-state index in [4.69, 9.17) is 0 Å². The molecule has 114 valence electrons. The summed E-state index contributed by atoms with van der Waals surface area (Å²) in [6.07, 6.45) is 0. The average molecular weight is 332 g/mol. The second-order valence-corrected chi connectivity index (χ2v) is 7.59. The summed E-state index contributed by atoms with van der Waals surface area (Å²) in [7, 11) is 0. The number of rotatable bonds is 4. The third-order valence-electron chi connectivity index (χ3n) is 3.27. The molecule has 0 radical (unpaired) electrons. The number of ketones is 1. The zero-order chi connectivity index (χ0) is 15.9. The lowest BCUT2D eigenvalue weighted by Gasteiger charge is -1.97. The molecule has 0 aliphatic rings. The first-order valence-electron chi connectivity index (χ1n) is 6.88. The highest BCUT2D eigenvalue weighted by atomic mass is 32.2. The van der Waals surface area contributed by atoms with Gasteiger partial charge in [0.25, 0.3) is 5.78 Å². The summed E-state index contributed by atoms with van der Waals surface area (Å²) < 4.78 is 1.71. The summed E-state index contributed by atoms with van der Waals surface area (Å²) in [6.45, 7) is 7.89. The molecule has 0 bridgehead atoms. The van der Waals surface area contributed by atoms with Crippen LogP contribution in [0, 0.1) is 27.7 Å². The highest BCUT2D eigenvalue weighted by Crippen LogP contribution is 2.23. The molecular formula is C15H16N4OS2. The van der Waals surface area contributed by atoms with Gasteiger partial charge in [0.05, 0.1) is 5.75 Å². The third kappa shape index (κ3) is 2.91. The second kappa shape index (κ2) is 5.81. The molecule has 3 heterocycles. The smallest absolute Gasteiger partial charge is 0.253 e. The molecular weight excluding hydrogens is 316 g/mol. The number of hydrogen-bond donors (Lipinski definition) is 0. The van der Waals surface area contributed by atoms with Crippen LogP contribution in [0.25, 0.3) is 5.78 Å². The van der Waals surface area contributed by atoms with Gasteiger partial charge in [-0.05, 0) is 39.8 Å². The lowest BCUT2D eigenvalue weighted by molar-refractivity contribution is 0.102. The van der Waals surface area contributed by atoms with Crippen molar-refractivity contribution in [3.63, 3.8) is 0 Å². The molecule has 22 heavy (non-hydrogen) atoms. The number of aryl methyl sites for hydroxylation is 4. The number of nitrogens with zero attached hydrogens (tertiary/aromatic N) is 4. The van der Waals surface area contributed by atoms with Gasteiger partial charge in [-0.2, -0.15) is 4.98 Å². The SMILES string of the molecule is Cc1cc(C)n2nc(SCC(=O)c3cc(C)sc3C)nc2n1. The van der Waals surface area contributed by atoms with Gasteiger partial charge in [0.1, 0.15) is 0 Å². The van der Waals surface area contributed by atoms with E-state index in [-0.39, 0.29) is 5.78 Å². The largest absolute Gasteiger partial charge is 0.293 e. The number of carbonyl (C=O) groups is 1. The van der Waals surface area contributed by atoms with Crippen molar-refractivity contribution >= 4 is 34.7 Å². The van der Waals surface area contributed by atoms with Gasteiger partial charge >= 0.3 is 0 Å². The first-order chi connectivity index (χ1) is 10.4. The van der Waals surface area contributed by atoms with E-state index in [1.807, 2.05) is 39.8 Å². The minimum Gasteiger partial charge on any atom is -0.293 e. The quantitative estimate of drug-likeness (QED) is 0.541. The van der Waals surface area contributed by atoms with Crippen molar-refractivity contribution in [1.29, 1.82) is 0 Å². The van der Waals surface area contributed by atoms with E-state index in [2.05, 4.69) is 15.1 Å². The zero-order valence-electron chi connectivity index (χ0n) is 12.9. The maximum Gasteiger partial charge on any atom is 0.253 e. The Kier molecular flexibility index (Phi) is 4.01. The van der Waals surface area contributed by atoms with E-state index in [9.17, 15) is 4.79 Å². The van der Waals surface area contributed by atoms with Crippen molar-refractivity contribution in [3.05, 3.63) is 38.8 Å². The molecule has 0 spiro atoms. The number of thioether (sulfide) groups is 1. The van der Waals surface area contributed by atoms with Crippen molar-refractivity contribution in [1.82, 2.24) is 19.6 Å². The molecule has 0 aliphatic carbocycles. The molecule has 3 rings (SSSR count). The van der Waals surface area contributed by atoms with Gasteiger partial charge < -0.3 is 0 Å². The summed E-state index contributed by atoms with van der Waals surface area (Å²) in [5.41, 5.74) is 2.70. The summed E-state index contributed by atoms with van der Waals surface area (Å²) in [6, 6.07) is 3.91. The first kappa shape index (κ1) is 15.2. The molecule has 0 amide bonds. The Morgan fingerprint density at radius 3 is 2.68 bits per heavy atom. The van der Waals surface area contributed by atoms with E-state index in [0.717, 1.165) is 26.7 Å². The minimum atomic E-state index is 0.117. The number of fused-ring (bicyclic) bond motifs is 1. The molecule has 3 aromatic rings. The Hall–Kier alpha value is -1.73. The predicted molar refractivity (Wildman–Crippen MR) is 89.1 cm³/mol. The summed E-state index contributed by atoms with van der Waals surface area (Å²) in [5, 5.41) is 4.99. The van der Waals surface area contributed by atoms with Gasteiger partial charge in [-0.3, -0.25) is 4.79 Å². The Morgan fingerprint density at radius 1 is 1.23 bits per heavy atom. The third-order valence-corrected chi connectivity index (χ3v) is 5.08. The summed E-state index contributed by atoms with van der Waals surface area (Å²) in [4.78, 5) is 23.3. The summed E-state index contributed by atoms with van der Waals surface area (Å²) >= 11 is 3.00. The molecule has 0 unspecified atom stereocenters. The molecule has 7 heteroatoms. The van der Waals surface area contributed by atoms with Gasteiger partial charge in [0.2, 0.25) is 5.16 Å². The second-order valence-electron chi connectivity index (χ2n) is 5.18. The van der Waals surface area contributed by atoms with Crippen LogP contribution >= 0.6 is 23.1 Å². The van der Waals surface area contributed by atoms with E-state index >= 15 is 0 Å². The zero-order valence-corrected chi connectivity index (χ0v) is 14.5. The van der Waals surface area contributed by atoms with Crippen molar-refractivity contribution < 1.29 is 4.79 Å². The van der Waals surface area contributed by atoms with Gasteiger partial charge in [-0.15, -0.1) is 16.4 Å². The number of aromatic nitrogens is 4. The lowest BCUT2D eigenvalue weighted by atomic mass is 10.2. The average Bonchev–Trinajstić information content (AvgIpc) is 2.99. The molecule has 0 aromatic carbocycles. The van der Waals surface area contributed by atoms with E-state index in [0.29, 0.717) is 16.7 Å². The van der Waals surface area contributed by atoms with Crippen LogP contribution in [-0.2, 0) is 0 Å². The maximum absolute atomic E-state index is 12.3. The van der Waals surface area contributed by atoms with Gasteiger partial charge in [-0.25, -0.2) is 9.50 Å². The van der Waals surface area contributed by atoms with Crippen LogP contribution in [-0.4, -0.2) is 31.1 Å². The highest BCUT2D eigenvalue weighted by Gasteiger charge is 2.14. The van der Waals surface area contributed by atoms with Gasteiger partial charge in [0.15, 0.2) is 5.78 Å². The van der Waals surface area contributed by atoms with Crippen molar-refractivity contribution in [2.24, 2.45) is 0 Å². The highest BCUT2D eigenvalue weighted by molar-refractivity contribution is 7.99. The Morgan fingerprint density at radius 2 is 2.00 bits per heavy atom. The number of carbonyl (C=O) groups excluding carboxylic acids is 1. The molecule has 0 atom stereocenters. The van der Waals surface area contributed by atoms with E-state index in [1.165, 1.54) is 11.8 Å². The van der Waals surface area contributed by atoms with Crippen LogP contribution in [0.1, 0.15) is 31.5 Å². The molecule has 0 aliphatic heterocycles. The topological polar surface area (TPSA) is 60.2 Å². The monoisotopic (exact) mass is 332 g/mol. The van der Waals surface area contributed by atoms with Crippen LogP contribution in [0.4, 0.5) is 0 Å². The lowest BCUT2D eigenvalue weighted by Crippen LogP contribution is -2.02.